The molecule has 2 N–H and O–H groups in total. The first-order valence-corrected chi connectivity index (χ1v) is 12.6. The van der Waals surface area contributed by atoms with Gasteiger partial charge in [0, 0.05) is 18.7 Å². The number of piperidine rings is 1. The number of rotatable bonds is 6. The van der Waals surface area contributed by atoms with Crippen LogP contribution in [0.15, 0.2) is 53.7 Å². The van der Waals surface area contributed by atoms with Crippen LogP contribution in [-0.2, 0) is 15.6 Å². The van der Waals surface area contributed by atoms with Crippen molar-refractivity contribution in [3.63, 3.8) is 0 Å². The minimum absolute atomic E-state index is 0.0905. The van der Waals surface area contributed by atoms with Crippen molar-refractivity contribution in [1.82, 2.24) is 14.9 Å². The summed E-state index contributed by atoms with van der Waals surface area (Å²) in [6.07, 6.45) is 3.37. The van der Waals surface area contributed by atoms with Gasteiger partial charge in [0.05, 0.1) is 28.1 Å². The molecule has 0 bridgehead atoms. The Morgan fingerprint density at radius 3 is 2.50 bits per heavy atom. The zero-order chi connectivity index (χ0) is 22.9. The number of aromatic nitrogens is 2. The number of aromatic amines is 1. The molecule has 0 unspecified atom stereocenters. The number of para-hydroxylation sites is 1. The quantitative estimate of drug-likeness (QED) is 0.592. The maximum absolute atomic E-state index is 13.0. The molecule has 32 heavy (non-hydrogen) atoms. The fourth-order valence-corrected chi connectivity index (χ4v) is 6.03. The SMILES string of the molecule is CC(C)CC1(O)CCN(C(=O)c2ccc(CS(=O)(=O)c3cccc4[nH]cnc34)cc2)CC1. The van der Waals surface area contributed by atoms with Gasteiger partial charge in [-0.05, 0) is 55.0 Å². The van der Waals surface area contributed by atoms with E-state index in [0.717, 1.165) is 6.42 Å². The van der Waals surface area contributed by atoms with E-state index in [0.29, 0.717) is 54.0 Å². The van der Waals surface area contributed by atoms with Gasteiger partial charge in [-0.1, -0.05) is 32.0 Å². The minimum atomic E-state index is -3.59. The summed E-state index contributed by atoms with van der Waals surface area (Å²) in [6, 6.07) is 11.8. The number of imidazole rings is 1. The smallest absolute Gasteiger partial charge is 0.253 e. The second kappa shape index (κ2) is 8.67. The van der Waals surface area contributed by atoms with Crippen molar-refractivity contribution in [2.24, 2.45) is 5.92 Å². The van der Waals surface area contributed by atoms with Crippen LogP contribution in [0, 0.1) is 5.92 Å². The van der Waals surface area contributed by atoms with Gasteiger partial charge in [-0.2, -0.15) is 0 Å². The molecule has 1 fully saturated rings. The van der Waals surface area contributed by atoms with Crippen LogP contribution >= 0.6 is 0 Å². The van der Waals surface area contributed by atoms with Gasteiger partial charge < -0.3 is 15.0 Å². The molecule has 1 aliphatic heterocycles. The number of hydrogen-bond donors (Lipinski definition) is 2. The maximum Gasteiger partial charge on any atom is 0.253 e. The van der Waals surface area contributed by atoms with Crippen molar-refractivity contribution >= 4 is 26.8 Å². The Labute approximate surface area is 188 Å². The van der Waals surface area contributed by atoms with Crippen LogP contribution < -0.4 is 0 Å². The molecule has 0 spiro atoms. The molecule has 2 aromatic carbocycles. The monoisotopic (exact) mass is 455 g/mol. The Morgan fingerprint density at radius 2 is 1.84 bits per heavy atom. The Kier molecular flexibility index (Phi) is 6.09. The summed E-state index contributed by atoms with van der Waals surface area (Å²) >= 11 is 0. The van der Waals surface area contributed by atoms with Crippen LogP contribution in [-0.4, -0.2) is 53.0 Å². The Hall–Kier alpha value is -2.71. The summed E-state index contributed by atoms with van der Waals surface area (Å²) in [4.78, 5) is 21.9. The van der Waals surface area contributed by atoms with E-state index < -0.39 is 15.4 Å². The van der Waals surface area contributed by atoms with E-state index in [1.54, 1.807) is 47.4 Å². The number of amides is 1. The van der Waals surface area contributed by atoms with Crippen molar-refractivity contribution in [1.29, 1.82) is 0 Å². The third-order valence-electron chi connectivity index (χ3n) is 6.07. The number of carbonyl (C=O) groups excluding carboxylic acids is 1. The minimum Gasteiger partial charge on any atom is -0.390 e. The highest BCUT2D eigenvalue weighted by atomic mass is 32.2. The third kappa shape index (κ3) is 4.71. The van der Waals surface area contributed by atoms with Crippen molar-refractivity contribution in [2.75, 3.05) is 13.1 Å². The fourth-order valence-electron chi connectivity index (χ4n) is 4.50. The fraction of sp³-hybridized carbons (Fsp3) is 0.417. The number of fused-ring (bicyclic) bond motifs is 1. The van der Waals surface area contributed by atoms with E-state index in [1.807, 2.05) is 0 Å². The van der Waals surface area contributed by atoms with Crippen LogP contribution in [0.2, 0.25) is 0 Å². The van der Waals surface area contributed by atoms with E-state index in [4.69, 9.17) is 0 Å². The molecule has 8 heteroatoms. The van der Waals surface area contributed by atoms with Gasteiger partial charge in [0.2, 0.25) is 0 Å². The topological polar surface area (TPSA) is 103 Å². The van der Waals surface area contributed by atoms with Gasteiger partial charge in [0.15, 0.2) is 9.84 Å². The molecule has 2 heterocycles. The summed E-state index contributed by atoms with van der Waals surface area (Å²) in [6.45, 7) is 5.22. The summed E-state index contributed by atoms with van der Waals surface area (Å²) in [7, 11) is -3.59. The number of nitrogens with zero attached hydrogens (tertiary/aromatic N) is 2. The first kappa shape index (κ1) is 22.5. The zero-order valence-electron chi connectivity index (χ0n) is 18.4. The molecule has 1 saturated heterocycles. The first-order valence-electron chi connectivity index (χ1n) is 10.9. The third-order valence-corrected chi connectivity index (χ3v) is 7.79. The molecule has 7 nitrogen and oxygen atoms in total. The Morgan fingerprint density at radius 1 is 1.16 bits per heavy atom. The van der Waals surface area contributed by atoms with E-state index in [9.17, 15) is 18.3 Å². The largest absolute Gasteiger partial charge is 0.390 e. The molecular weight excluding hydrogens is 426 g/mol. The van der Waals surface area contributed by atoms with E-state index >= 15 is 0 Å². The lowest BCUT2D eigenvalue weighted by Gasteiger charge is -2.39. The van der Waals surface area contributed by atoms with Crippen molar-refractivity contribution in [3.8, 4) is 0 Å². The number of aliphatic hydroxyl groups is 1. The second-order valence-electron chi connectivity index (χ2n) is 9.13. The number of H-pyrrole nitrogens is 1. The second-order valence-corrected chi connectivity index (χ2v) is 11.1. The summed E-state index contributed by atoms with van der Waals surface area (Å²) < 4.78 is 25.9. The van der Waals surface area contributed by atoms with E-state index in [1.165, 1.54) is 6.33 Å². The number of hydrogen-bond acceptors (Lipinski definition) is 5. The van der Waals surface area contributed by atoms with Crippen LogP contribution in [0.3, 0.4) is 0 Å². The highest BCUT2D eigenvalue weighted by Gasteiger charge is 2.34. The lowest BCUT2D eigenvalue weighted by atomic mass is 9.84. The molecule has 0 atom stereocenters. The predicted molar refractivity (Wildman–Crippen MR) is 123 cm³/mol. The summed E-state index contributed by atoms with van der Waals surface area (Å²) in [5, 5.41) is 10.7. The van der Waals surface area contributed by atoms with E-state index in [-0.39, 0.29) is 16.6 Å². The van der Waals surface area contributed by atoms with Gasteiger partial charge in [-0.15, -0.1) is 0 Å². The zero-order valence-corrected chi connectivity index (χ0v) is 19.2. The molecular formula is C24H29N3O4S. The number of likely N-dealkylation sites (tertiary alicyclic amines) is 1. The van der Waals surface area contributed by atoms with Crippen molar-refractivity contribution in [2.45, 2.75) is 49.4 Å². The summed E-state index contributed by atoms with van der Waals surface area (Å²) in [5.74, 6) is 0.151. The van der Waals surface area contributed by atoms with E-state index in [2.05, 4.69) is 23.8 Å². The van der Waals surface area contributed by atoms with Crippen LogP contribution in [0.25, 0.3) is 11.0 Å². The first-order chi connectivity index (χ1) is 15.2. The molecule has 1 amide bonds. The normalized spacial score (nSPS) is 16.6. The highest BCUT2D eigenvalue weighted by Crippen LogP contribution is 2.29. The molecule has 0 saturated carbocycles. The molecule has 1 aliphatic rings. The molecule has 4 rings (SSSR count). The lowest BCUT2D eigenvalue weighted by molar-refractivity contribution is -0.0311. The molecule has 1 aromatic heterocycles. The molecule has 0 aliphatic carbocycles. The van der Waals surface area contributed by atoms with Crippen LogP contribution in [0.5, 0.6) is 0 Å². The van der Waals surface area contributed by atoms with Crippen molar-refractivity contribution < 1.29 is 18.3 Å². The molecule has 170 valence electrons. The number of benzene rings is 2. The van der Waals surface area contributed by atoms with Gasteiger partial charge in [0.25, 0.3) is 5.91 Å². The van der Waals surface area contributed by atoms with Gasteiger partial charge in [-0.25, -0.2) is 13.4 Å². The molecule has 0 radical (unpaired) electrons. The van der Waals surface area contributed by atoms with Gasteiger partial charge in [-0.3, -0.25) is 4.79 Å². The van der Waals surface area contributed by atoms with Crippen molar-refractivity contribution in [3.05, 3.63) is 59.9 Å². The average molecular weight is 456 g/mol. The number of carbonyl (C=O) groups is 1. The summed E-state index contributed by atoms with van der Waals surface area (Å²) in [5.41, 5.74) is 1.55. The number of sulfone groups is 1. The van der Waals surface area contributed by atoms with Gasteiger partial charge in [0.1, 0.15) is 5.52 Å². The maximum atomic E-state index is 13.0. The average Bonchev–Trinajstić information content (AvgIpc) is 3.22. The molecule has 3 aromatic rings. The standard InChI is InChI=1S/C24H29N3O4S/c1-17(2)14-24(29)10-12-27(13-11-24)23(28)19-8-6-18(7-9-19)15-32(30,31)21-5-3-4-20-22(21)26-16-25-20/h3-9,16-17,29H,10-15H2,1-2H3,(H,25,26). The highest BCUT2D eigenvalue weighted by molar-refractivity contribution is 7.90. The number of nitrogens with one attached hydrogen (secondary N) is 1. The Balaban J connectivity index is 1.43. The Bertz CT molecular complexity index is 1210. The van der Waals surface area contributed by atoms with Crippen LogP contribution in [0.4, 0.5) is 0 Å². The van der Waals surface area contributed by atoms with Gasteiger partial charge >= 0.3 is 0 Å². The van der Waals surface area contributed by atoms with Crippen LogP contribution in [0.1, 0.15) is 49.0 Å². The lowest BCUT2D eigenvalue weighted by Crippen LogP contribution is -2.47. The predicted octanol–water partition coefficient (Wildman–Crippen LogP) is 3.55.